The van der Waals surface area contributed by atoms with Crippen LogP contribution in [0, 0.1) is 0 Å². The third-order valence-electron chi connectivity index (χ3n) is 4.57. The van der Waals surface area contributed by atoms with Gasteiger partial charge in [-0.15, -0.1) is 11.3 Å². The van der Waals surface area contributed by atoms with E-state index in [0.717, 1.165) is 24.4 Å². The van der Waals surface area contributed by atoms with Crippen LogP contribution in [0.3, 0.4) is 0 Å². The van der Waals surface area contributed by atoms with Gasteiger partial charge in [-0.2, -0.15) is 0 Å². The molecule has 3 heterocycles. The molecule has 112 valence electrons. The maximum absolute atomic E-state index is 12.5. The standard InChI is InChI=1S/C18H18N2OS/c1-19-16-7-3-2-6-14(16)15-12-20(9-8-17(15)19)18(21)11-13-5-4-10-22-13/h2-7,10H,8-9,11-12H2,1H3. The number of carbonyl (C=O) groups excluding carboxylic acids is 1. The van der Waals surface area contributed by atoms with Gasteiger partial charge in [-0.3, -0.25) is 4.79 Å². The molecule has 0 aliphatic carbocycles. The molecule has 0 N–H and O–H groups in total. The molecular weight excluding hydrogens is 292 g/mol. The second-order valence-electron chi connectivity index (χ2n) is 5.82. The van der Waals surface area contributed by atoms with Crippen molar-refractivity contribution in [3.8, 4) is 0 Å². The van der Waals surface area contributed by atoms with Gasteiger partial charge in [-0.05, 0) is 17.5 Å². The summed E-state index contributed by atoms with van der Waals surface area (Å²) in [6.45, 7) is 1.56. The summed E-state index contributed by atoms with van der Waals surface area (Å²) < 4.78 is 2.28. The summed E-state index contributed by atoms with van der Waals surface area (Å²) >= 11 is 1.66. The minimum absolute atomic E-state index is 0.237. The van der Waals surface area contributed by atoms with Crippen LogP contribution in [0.15, 0.2) is 41.8 Å². The predicted octanol–water partition coefficient (Wildman–Crippen LogP) is 3.37. The second-order valence-corrected chi connectivity index (χ2v) is 6.86. The monoisotopic (exact) mass is 310 g/mol. The molecule has 3 nitrogen and oxygen atoms in total. The van der Waals surface area contributed by atoms with Gasteiger partial charge in [0, 0.05) is 53.6 Å². The Hall–Kier alpha value is -2.07. The van der Waals surface area contributed by atoms with E-state index in [0.29, 0.717) is 6.42 Å². The van der Waals surface area contributed by atoms with E-state index in [4.69, 9.17) is 0 Å². The smallest absolute Gasteiger partial charge is 0.228 e. The van der Waals surface area contributed by atoms with Crippen molar-refractivity contribution >= 4 is 28.1 Å². The first-order valence-corrected chi connectivity index (χ1v) is 8.47. The minimum atomic E-state index is 0.237. The Balaban J connectivity index is 1.64. The van der Waals surface area contributed by atoms with Crippen LogP contribution in [0.2, 0.25) is 0 Å². The first-order valence-electron chi connectivity index (χ1n) is 7.59. The molecule has 0 radical (unpaired) electrons. The average molecular weight is 310 g/mol. The molecule has 22 heavy (non-hydrogen) atoms. The van der Waals surface area contributed by atoms with Crippen LogP contribution in [-0.2, 0) is 31.2 Å². The molecule has 0 spiro atoms. The summed E-state index contributed by atoms with van der Waals surface area (Å²) in [7, 11) is 2.13. The van der Waals surface area contributed by atoms with Gasteiger partial charge in [0.15, 0.2) is 0 Å². The average Bonchev–Trinajstić information content (AvgIpc) is 3.15. The highest BCUT2D eigenvalue weighted by Crippen LogP contribution is 2.30. The van der Waals surface area contributed by atoms with E-state index >= 15 is 0 Å². The van der Waals surface area contributed by atoms with Crippen LogP contribution >= 0.6 is 11.3 Å². The summed E-state index contributed by atoms with van der Waals surface area (Å²) in [4.78, 5) is 15.7. The van der Waals surface area contributed by atoms with Gasteiger partial charge in [0.1, 0.15) is 0 Å². The fourth-order valence-electron chi connectivity index (χ4n) is 3.42. The molecular formula is C18H18N2OS. The molecule has 3 aromatic rings. The van der Waals surface area contributed by atoms with Crippen LogP contribution in [0.25, 0.3) is 10.9 Å². The lowest BCUT2D eigenvalue weighted by Gasteiger charge is -2.28. The van der Waals surface area contributed by atoms with Gasteiger partial charge in [-0.1, -0.05) is 24.3 Å². The molecule has 0 unspecified atom stereocenters. The highest BCUT2D eigenvalue weighted by molar-refractivity contribution is 7.10. The Morgan fingerprint density at radius 1 is 1.23 bits per heavy atom. The normalized spacial score (nSPS) is 14.3. The SMILES string of the molecule is Cn1c2c(c3ccccc31)CN(C(=O)Cc1cccs1)CC2. The molecule has 4 rings (SSSR count). The van der Waals surface area contributed by atoms with Crippen molar-refractivity contribution in [3.63, 3.8) is 0 Å². The summed E-state index contributed by atoms with van der Waals surface area (Å²) in [5.74, 6) is 0.237. The number of para-hydroxylation sites is 1. The number of nitrogens with zero attached hydrogens (tertiary/aromatic N) is 2. The quantitative estimate of drug-likeness (QED) is 0.712. The summed E-state index contributed by atoms with van der Waals surface area (Å²) in [5.41, 5.74) is 3.96. The Labute approximate surface area is 133 Å². The number of thiophene rings is 1. The first kappa shape index (κ1) is 13.6. The number of hydrogen-bond donors (Lipinski definition) is 0. The van der Waals surface area contributed by atoms with Crippen molar-refractivity contribution in [2.45, 2.75) is 19.4 Å². The lowest BCUT2D eigenvalue weighted by molar-refractivity contribution is -0.131. The van der Waals surface area contributed by atoms with Gasteiger partial charge in [-0.25, -0.2) is 0 Å². The number of aryl methyl sites for hydroxylation is 1. The lowest BCUT2D eigenvalue weighted by Crippen LogP contribution is -2.37. The number of benzene rings is 1. The van der Waals surface area contributed by atoms with E-state index in [1.165, 1.54) is 22.2 Å². The van der Waals surface area contributed by atoms with Crippen molar-refractivity contribution in [2.75, 3.05) is 6.54 Å². The van der Waals surface area contributed by atoms with Crippen molar-refractivity contribution in [1.29, 1.82) is 0 Å². The Morgan fingerprint density at radius 3 is 2.91 bits per heavy atom. The van der Waals surface area contributed by atoms with Gasteiger partial charge in [0.2, 0.25) is 5.91 Å². The largest absolute Gasteiger partial charge is 0.347 e. The maximum Gasteiger partial charge on any atom is 0.228 e. The zero-order valence-electron chi connectivity index (χ0n) is 12.6. The molecule has 1 aliphatic rings. The molecule has 2 aromatic heterocycles. The van der Waals surface area contributed by atoms with Crippen LogP contribution < -0.4 is 0 Å². The molecule has 1 aromatic carbocycles. The van der Waals surface area contributed by atoms with Gasteiger partial charge >= 0.3 is 0 Å². The predicted molar refractivity (Wildman–Crippen MR) is 90.1 cm³/mol. The van der Waals surface area contributed by atoms with Crippen LogP contribution in [-0.4, -0.2) is 21.9 Å². The molecule has 0 saturated heterocycles. The van der Waals surface area contributed by atoms with Crippen LogP contribution in [0.1, 0.15) is 16.1 Å². The number of carbonyl (C=O) groups is 1. The van der Waals surface area contributed by atoms with E-state index in [1.807, 2.05) is 22.4 Å². The molecule has 4 heteroatoms. The second kappa shape index (κ2) is 5.29. The summed E-state index contributed by atoms with van der Waals surface area (Å²) in [6, 6.07) is 12.5. The Morgan fingerprint density at radius 2 is 2.09 bits per heavy atom. The number of aromatic nitrogens is 1. The Kier molecular flexibility index (Phi) is 3.26. The molecule has 0 fully saturated rings. The third kappa shape index (κ3) is 2.15. The van der Waals surface area contributed by atoms with Crippen LogP contribution in [0.4, 0.5) is 0 Å². The van der Waals surface area contributed by atoms with E-state index in [2.05, 4.69) is 35.9 Å². The van der Waals surface area contributed by atoms with Crippen LogP contribution in [0.5, 0.6) is 0 Å². The molecule has 1 amide bonds. The van der Waals surface area contributed by atoms with E-state index in [9.17, 15) is 4.79 Å². The maximum atomic E-state index is 12.5. The van der Waals surface area contributed by atoms with Crippen molar-refractivity contribution in [2.24, 2.45) is 7.05 Å². The highest BCUT2D eigenvalue weighted by atomic mass is 32.1. The lowest BCUT2D eigenvalue weighted by atomic mass is 10.0. The van der Waals surface area contributed by atoms with E-state index in [1.54, 1.807) is 11.3 Å². The first-order chi connectivity index (χ1) is 10.7. The van der Waals surface area contributed by atoms with Crippen molar-refractivity contribution in [1.82, 2.24) is 9.47 Å². The summed E-state index contributed by atoms with van der Waals surface area (Å²) in [5, 5.41) is 3.32. The number of amides is 1. The van der Waals surface area contributed by atoms with Crippen molar-refractivity contribution < 1.29 is 4.79 Å². The number of fused-ring (bicyclic) bond motifs is 3. The summed E-state index contributed by atoms with van der Waals surface area (Å²) in [6.07, 6.45) is 1.47. The number of rotatable bonds is 2. The number of hydrogen-bond acceptors (Lipinski definition) is 2. The highest BCUT2D eigenvalue weighted by Gasteiger charge is 2.25. The van der Waals surface area contributed by atoms with E-state index in [-0.39, 0.29) is 5.91 Å². The Bertz CT molecular complexity index is 832. The molecule has 0 saturated carbocycles. The molecule has 0 atom stereocenters. The topological polar surface area (TPSA) is 25.2 Å². The van der Waals surface area contributed by atoms with E-state index < -0.39 is 0 Å². The zero-order valence-corrected chi connectivity index (χ0v) is 13.4. The van der Waals surface area contributed by atoms with Gasteiger partial charge in [0.05, 0.1) is 6.42 Å². The fraction of sp³-hybridized carbons (Fsp3) is 0.278. The van der Waals surface area contributed by atoms with Gasteiger partial charge < -0.3 is 9.47 Å². The zero-order chi connectivity index (χ0) is 15.1. The molecule has 1 aliphatic heterocycles. The molecule has 0 bridgehead atoms. The van der Waals surface area contributed by atoms with Gasteiger partial charge in [0.25, 0.3) is 0 Å². The minimum Gasteiger partial charge on any atom is -0.347 e. The van der Waals surface area contributed by atoms with Crippen molar-refractivity contribution in [3.05, 3.63) is 57.9 Å². The third-order valence-corrected chi connectivity index (χ3v) is 5.45. The fourth-order valence-corrected chi connectivity index (χ4v) is 4.11.